The van der Waals surface area contributed by atoms with Gasteiger partial charge in [-0.25, -0.2) is 0 Å². The first-order valence-corrected chi connectivity index (χ1v) is 9.04. The van der Waals surface area contributed by atoms with Crippen molar-refractivity contribution in [2.45, 2.75) is 77.4 Å². The van der Waals surface area contributed by atoms with Crippen LogP contribution >= 0.6 is 0 Å². The molecule has 0 aromatic carbocycles. The fourth-order valence-corrected chi connectivity index (χ4v) is 3.38. The monoisotopic (exact) mass is 334 g/mol. The summed E-state index contributed by atoms with van der Waals surface area (Å²) in [7, 11) is 0. The summed E-state index contributed by atoms with van der Waals surface area (Å²) in [5.74, 6) is 0.132. The standard InChI is InChI=1S/C18H30N4O2/c1-18(2,3)17(24)21-14-8-6-13(7-9-14)20-12-16(23)22-10-4-5-15(22)11-19/h13-15,20H,4-10,12H2,1-3H3,(H,21,24)/t13?,14?,15-/m0/s1. The molecule has 1 aliphatic carbocycles. The number of likely N-dealkylation sites (tertiary alicyclic amines) is 1. The maximum Gasteiger partial charge on any atom is 0.237 e. The molecule has 0 aromatic rings. The summed E-state index contributed by atoms with van der Waals surface area (Å²) in [5, 5.41) is 15.5. The molecule has 0 spiro atoms. The molecule has 2 fully saturated rings. The van der Waals surface area contributed by atoms with Crippen molar-refractivity contribution < 1.29 is 9.59 Å². The van der Waals surface area contributed by atoms with Crippen molar-refractivity contribution in [1.82, 2.24) is 15.5 Å². The molecule has 0 unspecified atom stereocenters. The van der Waals surface area contributed by atoms with Gasteiger partial charge in [-0.3, -0.25) is 9.59 Å². The molecule has 0 bridgehead atoms. The third-order valence-electron chi connectivity index (χ3n) is 5.01. The fourth-order valence-electron chi connectivity index (χ4n) is 3.38. The van der Waals surface area contributed by atoms with Gasteiger partial charge < -0.3 is 15.5 Å². The molecular formula is C18H30N4O2. The second kappa shape index (κ2) is 7.98. The molecule has 6 nitrogen and oxygen atoms in total. The van der Waals surface area contributed by atoms with Gasteiger partial charge in [0.1, 0.15) is 6.04 Å². The summed E-state index contributed by atoms with van der Waals surface area (Å²) < 4.78 is 0. The lowest BCUT2D eigenvalue weighted by atomic mass is 9.89. The second-order valence-corrected chi connectivity index (χ2v) is 8.03. The first kappa shape index (κ1) is 18.7. The molecule has 24 heavy (non-hydrogen) atoms. The smallest absolute Gasteiger partial charge is 0.237 e. The molecule has 1 saturated heterocycles. The van der Waals surface area contributed by atoms with Gasteiger partial charge in [0.15, 0.2) is 0 Å². The van der Waals surface area contributed by atoms with Crippen LogP contribution in [0.3, 0.4) is 0 Å². The Hall–Kier alpha value is -1.61. The van der Waals surface area contributed by atoms with Crippen molar-refractivity contribution in [3.63, 3.8) is 0 Å². The van der Waals surface area contributed by atoms with Gasteiger partial charge in [0.2, 0.25) is 11.8 Å². The van der Waals surface area contributed by atoms with Gasteiger partial charge >= 0.3 is 0 Å². The average Bonchev–Trinajstić information content (AvgIpc) is 3.01. The molecule has 1 aliphatic heterocycles. The van der Waals surface area contributed by atoms with Crippen LogP contribution in [0, 0.1) is 16.7 Å². The zero-order valence-corrected chi connectivity index (χ0v) is 15.1. The first-order chi connectivity index (χ1) is 11.3. The minimum absolute atomic E-state index is 0.0298. The van der Waals surface area contributed by atoms with E-state index in [0.717, 1.165) is 38.5 Å². The van der Waals surface area contributed by atoms with Gasteiger partial charge in [0.25, 0.3) is 0 Å². The van der Waals surface area contributed by atoms with Gasteiger partial charge in [-0.2, -0.15) is 5.26 Å². The van der Waals surface area contributed by atoms with Crippen molar-refractivity contribution in [1.29, 1.82) is 5.26 Å². The molecule has 0 aromatic heterocycles. The van der Waals surface area contributed by atoms with E-state index < -0.39 is 0 Å². The number of carbonyl (C=O) groups excluding carboxylic acids is 2. The van der Waals surface area contributed by atoms with Crippen molar-refractivity contribution in [2.75, 3.05) is 13.1 Å². The molecule has 2 aliphatic rings. The summed E-state index contributed by atoms with van der Waals surface area (Å²) in [6.07, 6.45) is 5.52. The molecule has 1 saturated carbocycles. The highest BCUT2D eigenvalue weighted by Crippen LogP contribution is 2.21. The number of nitrogens with zero attached hydrogens (tertiary/aromatic N) is 2. The molecule has 134 valence electrons. The molecule has 1 atom stereocenters. The number of hydrogen-bond donors (Lipinski definition) is 2. The molecule has 1 heterocycles. The third-order valence-corrected chi connectivity index (χ3v) is 5.01. The van der Waals surface area contributed by atoms with E-state index in [1.807, 2.05) is 20.8 Å². The van der Waals surface area contributed by atoms with Gasteiger partial charge in [-0.05, 0) is 38.5 Å². The average molecular weight is 334 g/mol. The van der Waals surface area contributed by atoms with Crippen LogP contribution < -0.4 is 10.6 Å². The van der Waals surface area contributed by atoms with Crippen molar-refractivity contribution in [3.05, 3.63) is 0 Å². The van der Waals surface area contributed by atoms with E-state index in [-0.39, 0.29) is 29.3 Å². The predicted molar refractivity (Wildman–Crippen MR) is 92.0 cm³/mol. The van der Waals surface area contributed by atoms with Crippen LogP contribution in [-0.2, 0) is 9.59 Å². The maximum atomic E-state index is 12.2. The van der Waals surface area contributed by atoms with E-state index in [2.05, 4.69) is 16.7 Å². The normalized spacial score (nSPS) is 27.6. The summed E-state index contributed by atoms with van der Waals surface area (Å²) in [6.45, 7) is 6.78. The molecule has 2 N–H and O–H groups in total. The maximum absolute atomic E-state index is 12.2. The van der Waals surface area contributed by atoms with E-state index in [1.165, 1.54) is 0 Å². The lowest BCUT2D eigenvalue weighted by Gasteiger charge is -2.32. The Morgan fingerprint density at radius 3 is 2.33 bits per heavy atom. The number of rotatable bonds is 4. The highest BCUT2D eigenvalue weighted by atomic mass is 16.2. The Bertz CT molecular complexity index is 498. The summed E-state index contributed by atoms with van der Waals surface area (Å²) >= 11 is 0. The highest BCUT2D eigenvalue weighted by molar-refractivity contribution is 5.81. The van der Waals surface area contributed by atoms with E-state index in [9.17, 15) is 9.59 Å². The molecular weight excluding hydrogens is 304 g/mol. The van der Waals surface area contributed by atoms with Gasteiger partial charge in [-0.1, -0.05) is 20.8 Å². The van der Waals surface area contributed by atoms with Gasteiger partial charge in [0.05, 0.1) is 12.6 Å². The van der Waals surface area contributed by atoms with Crippen molar-refractivity contribution in [3.8, 4) is 6.07 Å². The predicted octanol–water partition coefficient (Wildman–Crippen LogP) is 1.56. The lowest BCUT2D eigenvalue weighted by molar-refractivity contribution is -0.130. The van der Waals surface area contributed by atoms with Crippen molar-refractivity contribution in [2.24, 2.45) is 5.41 Å². The second-order valence-electron chi connectivity index (χ2n) is 8.03. The Morgan fingerprint density at radius 1 is 1.12 bits per heavy atom. The first-order valence-electron chi connectivity index (χ1n) is 9.04. The number of carbonyl (C=O) groups is 2. The van der Waals surface area contributed by atoms with Gasteiger partial charge in [0, 0.05) is 24.0 Å². The van der Waals surface area contributed by atoms with Crippen LogP contribution in [0.15, 0.2) is 0 Å². The molecule has 0 radical (unpaired) electrons. The molecule has 2 amide bonds. The van der Waals surface area contributed by atoms with Crippen molar-refractivity contribution >= 4 is 11.8 Å². The number of nitrogens with one attached hydrogen (secondary N) is 2. The van der Waals surface area contributed by atoms with E-state index >= 15 is 0 Å². The number of nitriles is 1. The zero-order chi connectivity index (χ0) is 17.7. The van der Waals surface area contributed by atoms with Crippen LogP contribution in [0.2, 0.25) is 0 Å². The Morgan fingerprint density at radius 2 is 1.75 bits per heavy atom. The topological polar surface area (TPSA) is 85.2 Å². The van der Waals surface area contributed by atoms with Crippen LogP contribution in [0.4, 0.5) is 0 Å². The largest absolute Gasteiger partial charge is 0.353 e. The minimum Gasteiger partial charge on any atom is -0.353 e. The van der Waals surface area contributed by atoms with Crippen LogP contribution in [0.25, 0.3) is 0 Å². The lowest BCUT2D eigenvalue weighted by Crippen LogP contribution is -2.47. The number of hydrogen-bond acceptors (Lipinski definition) is 4. The Balaban J connectivity index is 1.69. The van der Waals surface area contributed by atoms with E-state index in [1.54, 1.807) is 4.90 Å². The number of amides is 2. The van der Waals surface area contributed by atoms with Crippen LogP contribution in [0.5, 0.6) is 0 Å². The fraction of sp³-hybridized carbons (Fsp3) is 0.833. The zero-order valence-electron chi connectivity index (χ0n) is 15.1. The molecule has 6 heteroatoms. The van der Waals surface area contributed by atoms with E-state index in [4.69, 9.17) is 5.26 Å². The Kier molecular flexibility index (Phi) is 6.22. The Labute approximate surface area is 145 Å². The minimum atomic E-state index is -0.353. The quantitative estimate of drug-likeness (QED) is 0.817. The highest BCUT2D eigenvalue weighted by Gasteiger charge is 2.30. The summed E-state index contributed by atoms with van der Waals surface area (Å²) in [5.41, 5.74) is -0.353. The summed E-state index contributed by atoms with van der Waals surface area (Å²) in [4.78, 5) is 26.0. The SMILES string of the molecule is CC(C)(C)C(=O)NC1CCC(NCC(=O)N2CCC[C@H]2C#N)CC1. The van der Waals surface area contributed by atoms with Gasteiger partial charge in [-0.15, -0.1) is 0 Å². The molecule has 2 rings (SSSR count). The van der Waals surface area contributed by atoms with E-state index in [0.29, 0.717) is 19.1 Å². The summed E-state index contributed by atoms with van der Waals surface area (Å²) in [6, 6.07) is 2.52. The van der Waals surface area contributed by atoms with Crippen LogP contribution in [-0.4, -0.2) is 47.9 Å². The third kappa shape index (κ3) is 4.94. The van der Waals surface area contributed by atoms with Crippen LogP contribution in [0.1, 0.15) is 59.3 Å².